The monoisotopic (exact) mass is 455 g/mol. The number of benzene rings is 4. The maximum atomic E-state index is 6.07. The lowest BCUT2D eigenvalue weighted by molar-refractivity contribution is 1.19. The molecule has 1 heterocycles. The molecule has 0 amide bonds. The van der Waals surface area contributed by atoms with Gasteiger partial charge in [0.15, 0.2) is 0 Å². The molecule has 0 aliphatic heterocycles. The van der Waals surface area contributed by atoms with E-state index in [2.05, 4.69) is 95.6 Å². The second-order valence-corrected chi connectivity index (χ2v) is 8.66. The van der Waals surface area contributed by atoms with Crippen LogP contribution in [-0.2, 0) is 0 Å². The molecule has 172 valence electrons. The van der Waals surface area contributed by atoms with E-state index in [1.165, 1.54) is 32.6 Å². The fourth-order valence-corrected chi connectivity index (χ4v) is 4.86. The van der Waals surface area contributed by atoms with E-state index < -0.39 is 0 Å². The van der Waals surface area contributed by atoms with Gasteiger partial charge in [-0.05, 0) is 71.9 Å². The first-order chi connectivity index (χ1) is 17.2. The third-order valence-electron chi connectivity index (χ3n) is 6.53. The third-order valence-corrected chi connectivity index (χ3v) is 6.53. The van der Waals surface area contributed by atoms with Gasteiger partial charge in [0.1, 0.15) is 0 Å². The van der Waals surface area contributed by atoms with Gasteiger partial charge in [-0.2, -0.15) is 0 Å². The van der Waals surface area contributed by atoms with E-state index in [0.717, 1.165) is 28.0 Å². The first kappa shape index (κ1) is 22.3. The molecule has 3 nitrogen and oxygen atoms in total. The maximum absolute atomic E-state index is 6.07. The van der Waals surface area contributed by atoms with Gasteiger partial charge < -0.3 is 16.0 Å². The smallest absolute Gasteiger partial charge is 0.0619 e. The van der Waals surface area contributed by atoms with Crippen LogP contribution in [0.15, 0.2) is 127 Å². The van der Waals surface area contributed by atoms with Crippen molar-refractivity contribution in [3.05, 3.63) is 132 Å². The molecule has 35 heavy (non-hydrogen) atoms. The zero-order valence-corrected chi connectivity index (χ0v) is 20.1. The van der Waals surface area contributed by atoms with Crippen molar-refractivity contribution in [2.75, 3.05) is 0 Å². The number of para-hydroxylation sites is 2. The lowest BCUT2D eigenvalue weighted by atomic mass is 9.97. The molecule has 0 fully saturated rings. The molecule has 0 saturated carbocycles. The van der Waals surface area contributed by atoms with E-state index >= 15 is 0 Å². The number of aromatic nitrogens is 1. The highest BCUT2D eigenvalue weighted by Gasteiger charge is 2.15. The summed E-state index contributed by atoms with van der Waals surface area (Å²) in [6.45, 7) is 4.03. The number of fused-ring (bicyclic) bond motifs is 5. The molecule has 4 N–H and O–H groups in total. The van der Waals surface area contributed by atoms with Gasteiger partial charge in [-0.1, -0.05) is 72.8 Å². The van der Waals surface area contributed by atoms with Crippen molar-refractivity contribution in [2.45, 2.75) is 13.8 Å². The number of nitrogens with two attached hydrogens (primary N) is 2. The van der Waals surface area contributed by atoms with Gasteiger partial charge in [0, 0.05) is 34.2 Å². The van der Waals surface area contributed by atoms with Gasteiger partial charge in [-0.3, -0.25) is 0 Å². The van der Waals surface area contributed by atoms with Crippen LogP contribution in [0.25, 0.3) is 43.8 Å². The van der Waals surface area contributed by atoms with Gasteiger partial charge >= 0.3 is 0 Å². The Morgan fingerprint density at radius 2 is 1.51 bits per heavy atom. The molecule has 0 spiro atoms. The number of hydrogen-bond donors (Lipinski definition) is 2. The fourth-order valence-electron chi connectivity index (χ4n) is 4.86. The molecule has 0 radical (unpaired) electrons. The molecule has 0 unspecified atom stereocenters. The number of allylic oxidation sites excluding steroid dienone is 6. The van der Waals surface area contributed by atoms with Crippen molar-refractivity contribution < 1.29 is 0 Å². The molecular weight excluding hydrogens is 426 g/mol. The van der Waals surface area contributed by atoms with Crippen LogP contribution in [0.1, 0.15) is 19.4 Å². The van der Waals surface area contributed by atoms with E-state index in [4.69, 9.17) is 11.5 Å². The van der Waals surface area contributed by atoms with Crippen molar-refractivity contribution in [3.8, 4) is 5.69 Å². The quantitative estimate of drug-likeness (QED) is 0.268. The van der Waals surface area contributed by atoms with E-state index in [-0.39, 0.29) is 0 Å². The van der Waals surface area contributed by atoms with Crippen LogP contribution in [0, 0.1) is 0 Å². The summed E-state index contributed by atoms with van der Waals surface area (Å²) >= 11 is 0. The molecule has 0 bridgehead atoms. The largest absolute Gasteiger partial charge is 0.404 e. The van der Waals surface area contributed by atoms with Gasteiger partial charge in [-0.25, -0.2) is 0 Å². The van der Waals surface area contributed by atoms with Crippen LogP contribution in [0.5, 0.6) is 0 Å². The van der Waals surface area contributed by atoms with E-state index in [9.17, 15) is 0 Å². The Morgan fingerprint density at radius 3 is 2.26 bits per heavy atom. The van der Waals surface area contributed by atoms with Gasteiger partial charge in [-0.15, -0.1) is 0 Å². The molecule has 4 aromatic carbocycles. The first-order valence-electron chi connectivity index (χ1n) is 11.8. The molecule has 0 aliphatic rings. The highest BCUT2D eigenvalue weighted by atomic mass is 15.0. The Labute approximate surface area is 206 Å². The molecular formula is C32H29N3. The first-order valence-corrected chi connectivity index (χ1v) is 11.8. The topological polar surface area (TPSA) is 57.0 Å². The Balaban J connectivity index is 1.73. The Bertz CT molecular complexity index is 1660. The van der Waals surface area contributed by atoms with Crippen molar-refractivity contribution >= 4 is 38.2 Å². The second-order valence-electron chi connectivity index (χ2n) is 8.66. The van der Waals surface area contributed by atoms with E-state index in [1.54, 1.807) is 12.4 Å². The van der Waals surface area contributed by atoms with Gasteiger partial charge in [0.05, 0.1) is 11.0 Å². The Hall–Kier alpha value is -4.50. The Kier molecular flexibility index (Phi) is 5.99. The van der Waals surface area contributed by atoms with Crippen molar-refractivity contribution in [1.82, 2.24) is 4.57 Å². The number of rotatable bonds is 5. The minimum absolute atomic E-state index is 0.956. The lowest BCUT2D eigenvalue weighted by Gasteiger charge is -2.11. The fraction of sp³-hybridized carbons (Fsp3) is 0.0625. The average Bonchev–Trinajstić information content (AvgIpc) is 3.25. The summed E-state index contributed by atoms with van der Waals surface area (Å²) < 4.78 is 2.37. The van der Waals surface area contributed by atoms with Crippen LogP contribution in [0.3, 0.4) is 0 Å². The zero-order chi connectivity index (χ0) is 24.4. The highest BCUT2D eigenvalue weighted by molar-refractivity contribution is 6.18. The maximum Gasteiger partial charge on any atom is 0.0619 e. The van der Waals surface area contributed by atoms with E-state index in [0.29, 0.717) is 0 Å². The third kappa shape index (κ3) is 3.91. The SMILES string of the molecule is C\C=C/C(=C\N)C(/C)=C/C(=C\N)c1ccc2c(ccc3c4ccccc4n(-c4ccccc4)c23)c1. The van der Waals surface area contributed by atoms with Crippen LogP contribution < -0.4 is 11.5 Å². The van der Waals surface area contributed by atoms with Crippen LogP contribution in [-0.4, -0.2) is 4.57 Å². The van der Waals surface area contributed by atoms with Gasteiger partial charge in [0.2, 0.25) is 0 Å². The zero-order valence-electron chi connectivity index (χ0n) is 20.1. The molecule has 0 atom stereocenters. The number of hydrogen-bond acceptors (Lipinski definition) is 2. The normalized spacial score (nSPS) is 13.5. The van der Waals surface area contributed by atoms with E-state index in [1.807, 2.05) is 26.0 Å². The van der Waals surface area contributed by atoms with Crippen molar-refractivity contribution in [1.29, 1.82) is 0 Å². The summed E-state index contributed by atoms with van der Waals surface area (Å²) in [4.78, 5) is 0. The Morgan fingerprint density at radius 1 is 0.771 bits per heavy atom. The summed E-state index contributed by atoms with van der Waals surface area (Å²) in [5.74, 6) is 0. The van der Waals surface area contributed by atoms with Crippen molar-refractivity contribution in [3.63, 3.8) is 0 Å². The van der Waals surface area contributed by atoms with Crippen LogP contribution in [0.4, 0.5) is 0 Å². The van der Waals surface area contributed by atoms with Crippen LogP contribution in [0.2, 0.25) is 0 Å². The average molecular weight is 456 g/mol. The molecule has 3 heteroatoms. The molecule has 1 aromatic heterocycles. The lowest BCUT2D eigenvalue weighted by Crippen LogP contribution is -1.95. The summed E-state index contributed by atoms with van der Waals surface area (Å²) in [6.07, 6.45) is 9.35. The summed E-state index contributed by atoms with van der Waals surface area (Å²) in [5.41, 5.74) is 19.5. The van der Waals surface area contributed by atoms with Gasteiger partial charge in [0.25, 0.3) is 0 Å². The minimum Gasteiger partial charge on any atom is -0.404 e. The number of nitrogens with zero attached hydrogens (tertiary/aromatic N) is 1. The highest BCUT2D eigenvalue weighted by Crippen LogP contribution is 2.37. The molecule has 0 aliphatic carbocycles. The van der Waals surface area contributed by atoms with Crippen molar-refractivity contribution in [2.24, 2.45) is 11.5 Å². The van der Waals surface area contributed by atoms with Crippen LogP contribution >= 0.6 is 0 Å². The second kappa shape index (κ2) is 9.40. The molecule has 5 aromatic rings. The summed E-state index contributed by atoms with van der Waals surface area (Å²) in [6, 6.07) is 30.2. The predicted octanol–water partition coefficient (Wildman–Crippen LogP) is 7.60. The molecule has 5 rings (SSSR count). The molecule has 0 saturated heterocycles. The standard InChI is InChI=1S/C32H29N3/c1-3-9-25(20-33)22(2)18-26(21-34)23-14-16-28-24(19-23)15-17-30-29-12-7-8-13-31(29)35(32(28)30)27-10-5-4-6-11-27/h3-21H,33-34H2,1-2H3/b9-3-,22-18+,25-20+,26-21+. The summed E-state index contributed by atoms with van der Waals surface area (Å²) in [5, 5.41) is 4.88. The minimum atomic E-state index is 0.956. The predicted molar refractivity (Wildman–Crippen MR) is 151 cm³/mol. The summed E-state index contributed by atoms with van der Waals surface area (Å²) in [7, 11) is 0.